The van der Waals surface area contributed by atoms with Gasteiger partial charge in [0.1, 0.15) is 0 Å². The molecule has 0 aliphatic heterocycles. The number of hydrogen-bond donors (Lipinski definition) is 0. The van der Waals surface area contributed by atoms with Gasteiger partial charge in [-0.1, -0.05) is 37.0 Å². The maximum atomic E-state index is 7.50. The molecule has 0 aliphatic carbocycles. The second kappa shape index (κ2) is 91.6. The van der Waals surface area contributed by atoms with Crippen molar-refractivity contribution in [2.24, 2.45) is 0 Å². The molecule has 0 aromatic heterocycles. The fourth-order valence-corrected chi connectivity index (χ4v) is 0.254. The standard InChI is InChI=1S/C7H10.3CO.Fe/c1-3-5-7-6-4-2;3*1-2;/h3-7H,1H2,2H3;;;;. The normalized spacial score (nSPS) is 5.93. The third kappa shape index (κ3) is 124. The van der Waals surface area contributed by atoms with Gasteiger partial charge >= 0.3 is 33.9 Å². The third-order valence-electron chi connectivity index (χ3n) is 0.551. The fourth-order valence-electron chi connectivity index (χ4n) is 0.254. The third-order valence-corrected chi connectivity index (χ3v) is 0.551. The number of allylic oxidation sites excluding steroid dienone is 5. The zero-order valence-corrected chi connectivity index (χ0v) is 8.78. The van der Waals surface area contributed by atoms with Crippen molar-refractivity contribution < 1.29 is 31.0 Å². The maximum Gasteiger partial charge on any atom is 0 e. The Balaban J connectivity index is -0.0000000332. The zero-order valence-electron chi connectivity index (χ0n) is 7.67. The van der Waals surface area contributed by atoms with Gasteiger partial charge in [0.2, 0.25) is 0 Å². The van der Waals surface area contributed by atoms with Gasteiger partial charge < -0.3 is 0 Å². The Bertz CT molecular complexity index is 173. The summed E-state index contributed by atoms with van der Waals surface area (Å²) in [4.78, 5) is 0. The minimum absolute atomic E-state index is 0. The molecule has 0 heterocycles. The molecule has 0 aromatic carbocycles. The Morgan fingerprint density at radius 2 is 1.21 bits per heavy atom. The van der Waals surface area contributed by atoms with E-state index in [0.29, 0.717) is 0 Å². The molecular formula is C10H10FeO3. The van der Waals surface area contributed by atoms with Crippen molar-refractivity contribution in [2.45, 2.75) is 6.92 Å². The van der Waals surface area contributed by atoms with E-state index in [1.165, 1.54) is 0 Å². The van der Waals surface area contributed by atoms with Crippen LogP contribution in [0.5, 0.6) is 0 Å². The summed E-state index contributed by atoms with van der Waals surface area (Å²) in [5.74, 6) is 0. The molecule has 0 aromatic rings. The van der Waals surface area contributed by atoms with Gasteiger partial charge in [-0.25, -0.2) is 0 Å². The van der Waals surface area contributed by atoms with E-state index >= 15 is 0 Å². The predicted molar refractivity (Wildman–Crippen MR) is 45.9 cm³/mol. The van der Waals surface area contributed by atoms with Crippen LogP contribution in [0.25, 0.3) is 0 Å². The Kier molecular flexibility index (Phi) is 191. The van der Waals surface area contributed by atoms with Crippen molar-refractivity contribution in [3.8, 4) is 0 Å². The van der Waals surface area contributed by atoms with Crippen LogP contribution in [0, 0.1) is 20.0 Å². The average molecular weight is 234 g/mol. The molecule has 14 heavy (non-hydrogen) atoms. The fraction of sp³-hybridized carbons (Fsp3) is 0.100. The molecule has 0 spiro atoms. The predicted octanol–water partition coefficient (Wildman–Crippen LogP) is 2.19. The minimum atomic E-state index is 0. The monoisotopic (exact) mass is 234 g/mol. The molecule has 0 radical (unpaired) electrons. The van der Waals surface area contributed by atoms with Gasteiger partial charge in [-0.3, -0.25) is 0 Å². The molecule has 0 rings (SSSR count). The molecule has 4 heteroatoms. The molecule has 0 fully saturated rings. The molecule has 0 saturated carbocycles. The van der Waals surface area contributed by atoms with Crippen molar-refractivity contribution in [3.63, 3.8) is 0 Å². The summed E-state index contributed by atoms with van der Waals surface area (Å²) in [5.41, 5.74) is 0. The van der Waals surface area contributed by atoms with E-state index in [-0.39, 0.29) is 17.1 Å². The molecule has 3 nitrogen and oxygen atoms in total. The van der Waals surface area contributed by atoms with Crippen LogP contribution < -0.4 is 0 Å². The maximum absolute atomic E-state index is 7.50. The largest absolute Gasteiger partial charge is 0 e. The van der Waals surface area contributed by atoms with Gasteiger partial charge in [-0.05, 0) is 6.92 Å². The molecular weight excluding hydrogens is 224 g/mol. The van der Waals surface area contributed by atoms with Crippen LogP contribution in [-0.2, 0) is 31.0 Å². The molecule has 0 unspecified atom stereocenters. The molecule has 0 bridgehead atoms. The van der Waals surface area contributed by atoms with Crippen LogP contribution >= 0.6 is 0 Å². The van der Waals surface area contributed by atoms with Gasteiger partial charge in [0.05, 0.1) is 0 Å². The molecule has 0 saturated heterocycles. The average Bonchev–Trinajstić information content (AvgIpc) is 2.27. The van der Waals surface area contributed by atoms with Gasteiger partial charge in [-0.2, -0.15) is 0 Å². The molecule has 0 N–H and O–H groups in total. The van der Waals surface area contributed by atoms with Crippen molar-refractivity contribution in [2.75, 3.05) is 0 Å². The van der Waals surface area contributed by atoms with Crippen molar-refractivity contribution in [1.82, 2.24) is 0 Å². The molecule has 0 atom stereocenters. The summed E-state index contributed by atoms with van der Waals surface area (Å²) in [6.45, 7) is 19.0. The van der Waals surface area contributed by atoms with E-state index in [2.05, 4.69) is 26.5 Å². The first-order chi connectivity index (χ1) is 6.41. The first-order valence-corrected chi connectivity index (χ1v) is 2.93. The molecule has 0 amide bonds. The Hall–Kier alpha value is -1.04. The van der Waals surface area contributed by atoms with E-state index < -0.39 is 0 Å². The Morgan fingerprint density at radius 3 is 1.43 bits per heavy atom. The van der Waals surface area contributed by atoms with Crippen LogP contribution in [-0.4, -0.2) is 0 Å². The second-order valence-electron chi connectivity index (χ2n) is 1.15. The summed E-state index contributed by atoms with van der Waals surface area (Å²) in [5, 5.41) is 0. The zero-order chi connectivity index (χ0) is 11.5. The molecule has 76 valence electrons. The first kappa shape index (κ1) is 29.3. The smallest absolute Gasteiger partial charge is 0 e. The topological polar surface area (TPSA) is 59.7 Å². The van der Waals surface area contributed by atoms with E-state index in [9.17, 15) is 0 Å². The van der Waals surface area contributed by atoms with Crippen LogP contribution in [0.2, 0.25) is 0 Å². The summed E-state index contributed by atoms with van der Waals surface area (Å²) >= 11 is 0. The molecule has 0 aliphatic rings. The van der Waals surface area contributed by atoms with Gasteiger partial charge in [0.15, 0.2) is 0 Å². The van der Waals surface area contributed by atoms with Gasteiger partial charge in [-0.15, -0.1) is 0 Å². The summed E-state index contributed by atoms with van der Waals surface area (Å²) < 4.78 is 22.5. The number of hydrogen-bond acceptors (Lipinski definition) is 0. The summed E-state index contributed by atoms with van der Waals surface area (Å²) in [6.07, 6.45) is 9.51. The van der Waals surface area contributed by atoms with Crippen LogP contribution in [0.15, 0.2) is 37.0 Å². The van der Waals surface area contributed by atoms with Crippen molar-refractivity contribution in [3.05, 3.63) is 56.9 Å². The first-order valence-electron chi connectivity index (χ1n) is 2.93. The second-order valence-corrected chi connectivity index (χ2v) is 1.15. The Labute approximate surface area is 95.2 Å². The van der Waals surface area contributed by atoms with Crippen LogP contribution in [0.4, 0.5) is 0 Å². The van der Waals surface area contributed by atoms with E-state index in [1.807, 2.05) is 31.2 Å². The SMILES string of the molecule is C=CC=CC=CC.[C-]#[O+].[C-]#[O+].[C-]#[O+].[Fe]. The van der Waals surface area contributed by atoms with E-state index in [0.717, 1.165) is 0 Å². The van der Waals surface area contributed by atoms with E-state index in [4.69, 9.17) is 14.0 Å². The minimum Gasteiger partial charge on any atom is 0 e. The van der Waals surface area contributed by atoms with Crippen molar-refractivity contribution >= 4 is 0 Å². The van der Waals surface area contributed by atoms with E-state index in [1.54, 1.807) is 6.08 Å². The quantitative estimate of drug-likeness (QED) is 0.304. The van der Waals surface area contributed by atoms with Crippen molar-refractivity contribution in [1.29, 1.82) is 0 Å². The van der Waals surface area contributed by atoms with Crippen LogP contribution in [0.3, 0.4) is 0 Å². The number of rotatable bonds is 2. The van der Waals surface area contributed by atoms with Gasteiger partial charge in [0, 0.05) is 17.1 Å². The summed E-state index contributed by atoms with van der Waals surface area (Å²) in [6, 6.07) is 0. The van der Waals surface area contributed by atoms with Crippen LogP contribution in [0.1, 0.15) is 6.92 Å². The van der Waals surface area contributed by atoms with Gasteiger partial charge in [0.25, 0.3) is 0 Å². The summed E-state index contributed by atoms with van der Waals surface area (Å²) in [7, 11) is 0. The Morgan fingerprint density at radius 1 is 0.857 bits per heavy atom.